The minimum atomic E-state index is -0.224. The van der Waals surface area contributed by atoms with E-state index in [1.165, 1.54) is 44.5 Å². The second-order valence-electron chi connectivity index (χ2n) is 13.1. The summed E-state index contributed by atoms with van der Waals surface area (Å²) in [6.07, 6.45) is 12.7. The van der Waals surface area contributed by atoms with Crippen molar-refractivity contribution >= 4 is 49.5 Å². The summed E-state index contributed by atoms with van der Waals surface area (Å²) in [6.45, 7) is 4.53. The van der Waals surface area contributed by atoms with E-state index in [2.05, 4.69) is 85.9 Å². The Bertz CT molecular complexity index is 1480. The van der Waals surface area contributed by atoms with Gasteiger partial charge in [0.1, 0.15) is 5.82 Å². The minimum absolute atomic E-state index is 0.000744. The number of aromatic nitrogens is 1. The lowest BCUT2D eigenvalue weighted by Crippen LogP contribution is -2.55. The summed E-state index contributed by atoms with van der Waals surface area (Å²) in [4.78, 5) is 24.8. The van der Waals surface area contributed by atoms with Crippen LogP contribution in [0.4, 0.5) is 22.2 Å². The molecule has 4 bridgehead atoms. The molecule has 8 nitrogen and oxygen atoms in total. The second-order valence-corrected chi connectivity index (χ2v) is 14.2. The number of piperazine rings is 1. The van der Waals surface area contributed by atoms with Crippen LogP contribution in [0.1, 0.15) is 32.1 Å². The first kappa shape index (κ1) is 26.5. The number of carbonyl (C=O) groups excluding carboxylic acids is 1. The number of thiophene rings is 1. The molecule has 2 aliphatic carbocycles. The number of amides is 1. The van der Waals surface area contributed by atoms with Crippen molar-refractivity contribution in [3.05, 3.63) is 54.7 Å². The van der Waals surface area contributed by atoms with Gasteiger partial charge in [-0.1, -0.05) is 12.2 Å². The standard InChI is InChI=1S/C33H41N7OS/c1-38-24-8-9-25(38)18-26(17-24)40-14-12-39(13-15-40)23-6-4-22(5-7-23)36-29-19-27-28(42-29)10-11-35-33(27)37-31-21-3-2-20(16-21)30(31)32(34)41/h2-7,10-11,19-21,24-26,30-31,36H,8-9,12-18H2,1H3,(H2,34,41)(H,35,37). The van der Waals surface area contributed by atoms with Gasteiger partial charge >= 0.3 is 0 Å². The Morgan fingerprint density at radius 3 is 2.43 bits per heavy atom. The van der Waals surface area contributed by atoms with Gasteiger partial charge in [0.15, 0.2) is 0 Å². The molecule has 6 unspecified atom stereocenters. The van der Waals surface area contributed by atoms with Gasteiger partial charge in [0, 0.05) is 78.0 Å². The largest absolute Gasteiger partial charge is 0.369 e. The van der Waals surface area contributed by atoms with Crippen LogP contribution in [0.25, 0.3) is 10.1 Å². The third-order valence-corrected chi connectivity index (χ3v) is 12.0. The van der Waals surface area contributed by atoms with Crippen LogP contribution in [-0.4, -0.2) is 78.1 Å². The van der Waals surface area contributed by atoms with Crippen LogP contribution in [-0.2, 0) is 4.79 Å². The molecule has 5 aliphatic rings. The summed E-state index contributed by atoms with van der Waals surface area (Å²) in [6, 6.07) is 15.5. The Balaban J connectivity index is 0.907. The summed E-state index contributed by atoms with van der Waals surface area (Å²) in [7, 11) is 2.33. The highest BCUT2D eigenvalue weighted by molar-refractivity contribution is 7.22. The molecule has 1 aromatic carbocycles. The molecule has 1 saturated carbocycles. The number of piperidine rings is 1. The number of anilines is 4. The lowest BCUT2D eigenvalue weighted by molar-refractivity contribution is -0.122. The monoisotopic (exact) mass is 583 g/mol. The van der Waals surface area contributed by atoms with Crippen LogP contribution in [0.3, 0.4) is 0 Å². The SMILES string of the molecule is CN1C2CCC1CC(N1CCN(c3ccc(Nc4cc5c(NC6C7C=CC(C7)C6C(N)=O)nccc5s4)cc3)CC1)C2. The van der Waals surface area contributed by atoms with Crippen molar-refractivity contribution in [3.63, 3.8) is 0 Å². The van der Waals surface area contributed by atoms with E-state index in [1.807, 2.05) is 6.20 Å². The second kappa shape index (κ2) is 10.5. The molecule has 8 rings (SSSR count). The molecule has 0 spiro atoms. The molecule has 6 atom stereocenters. The summed E-state index contributed by atoms with van der Waals surface area (Å²) in [5, 5.41) is 9.37. The third kappa shape index (κ3) is 4.66. The number of hydrogen-bond acceptors (Lipinski definition) is 8. The molecular weight excluding hydrogens is 542 g/mol. The average molecular weight is 584 g/mol. The van der Waals surface area contributed by atoms with Crippen LogP contribution in [0.2, 0.25) is 0 Å². The van der Waals surface area contributed by atoms with Gasteiger partial charge in [0.25, 0.3) is 0 Å². The number of allylic oxidation sites excluding steroid dienone is 1. The minimum Gasteiger partial charge on any atom is -0.369 e. The lowest BCUT2D eigenvalue weighted by atomic mass is 9.88. The van der Waals surface area contributed by atoms with Crippen LogP contribution in [0.15, 0.2) is 54.7 Å². The van der Waals surface area contributed by atoms with Gasteiger partial charge in [-0.3, -0.25) is 9.69 Å². The predicted octanol–water partition coefficient (Wildman–Crippen LogP) is 4.88. The quantitative estimate of drug-likeness (QED) is 0.342. The summed E-state index contributed by atoms with van der Waals surface area (Å²) >= 11 is 1.72. The summed E-state index contributed by atoms with van der Waals surface area (Å²) in [5.41, 5.74) is 8.18. The Morgan fingerprint density at radius 1 is 0.952 bits per heavy atom. The highest BCUT2D eigenvalue weighted by Gasteiger charge is 2.47. The molecular formula is C33H41N7OS. The van der Waals surface area contributed by atoms with Gasteiger partial charge < -0.3 is 26.2 Å². The molecule has 3 aromatic rings. The maximum absolute atomic E-state index is 12.2. The highest BCUT2D eigenvalue weighted by atomic mass is 32.1. The molecule has 1 amide bonds. The van der Waals surface area contributed by atoms with Gasteiger partial charge in [-0.25, -0.2) is 4.98 Å². The fraction of sp³-hybridized carbons (Fsp3) is 0.515. The summed E-state index contributed by atoms with van der Waals surface area (Å²) in [5.74, 6) is 0.991. The van der Waals surface area contributed by atoms with Crippen molar-refractivity contribution in [2.75, 3.05) is 48.8 Å². The van der Waals surface area contributed by atoms with Crippen LogP contribution < -0.4 is 21.3 Å². The maximum Gasteiger partial charge on any atom is 0.223 e. The molecule has 2 aromatic heterocycles. The van der Waals surface area contributed by atoms with Crippen molar-refractivity contribution in [3.8, 4) is 0 Å². The number of benzene rings is 1. The van der Waals surface area contributed by atoms with Crippen LogP contribution in [0.5, 0.6) is 0 Å². The van der Waals surface area contributed by atoms with Crippen molar-refractivity contribution in [2.24, 2.45) is 23.5 Å². The Kier molecular flexibility index (Phi) is 6.65. The molecule has 0 radical (unpaired) electrons. The van der Waals surface area contributed by atoms with Crippen molar-refractivity contribution in [1.29, 1.82) is 0 Å². The molecule has 4 fully saturated rings. The van der Waals surface area contributed by atoms with E-state index in [-0.39, 0.29) is 23.8 Å². The van der Waals surface area contributed by atoms with Gasteiger partial charge in [0.05, 0.1) is 10.9 Å². The normalized spacial score (nSPS) is 32.6. The Morgan fingerprint density at radius 2 is 1.69 bits per heavy atom. The molecule has 3 aliphatic heterocycles. The fourth-order valence-corrected chi connectivity index (χ4v) is 9.61. The zero-order valence-corrected chi connectivity index (χ0v) is 25.1. The number of hydrogen-bond donors (Lipinski definition) is 3. The number of primary amides is 1. The van der Waals surface area contributed by atoms with Crippen molar-refractivity contribution in [2.45, 2.75) is 56.3 Å². The van der Waals surface area contributed by atoms with Crippen molar-refractivity contribution in [1.82, 2.24) is 14.8 Å². The van der Waals surface area contributed by atoms with E-state index in [9.17, 15) is 4.79 Å². The van der Waals surface area contributed by atoms with E-state index < -0.39 is 0 Å². The van der Waals surface area contributed by atoms with E-state index in [1.54, 1.807) is 11.3 Å². The van der Waals surface area contributed by atoms with Crippen LogP contribution in [0, 0.1) is 17.8 Å². The van der Waals surface area contributed by atoms with E-state index in [0.29, 0.717) is 5.92 Å². The van der Waals surface area contributed by atoms with Gasteiger partial charge in [-0.2, -0.15) is 0 Å². The van der Waals surface area contributed by atoms with E-state index in [4.69, 9.17) is 5.73 Å². The smallest absolute Gasteiger partial charge is 0.223 e. The number of nitrogens with zero attached hydrogens (tertiary/aromatic N) is 4. The van der Waals surface area contributed by atoms with Crippen LogP contribution >= 0.6 is 11.3 Å². The first-order valence-electron chi connectivity index (χ1n) is 15.7. The van der Waals surface area contributed by atoms with Gasteiger partial charge in [-0.15, -0.1) is 11.3 Å². The average Bonchev–Trinajstić information content (AvgIpc) is 3.76. The predicted molar refractivity (Wildman–Crippen MR) is 172 cm³/mol. The fourth-order valence-electron chi connectivity index (χ4n) is 8.63. The van der Waals surface area contributed by atoms with Gasteiger partial charge in [0.2, 0.25) is 5.91 Å². The zero-order valence-electron chi connectivity index (χ0n) is 24.3. The first-order chi connectivity index (χ1) is 20.5. The molecule has 5 heterocycles. The zero-order chi connectivity index (χ0) is 28.4. The van der Waals surface area contributed by atoms with Gasteiger partial charge in [-0.05, 0) is 87.4 Å². The highest BCUT2D eigenvalue weighted by Crippen LogP contribution is 2.46. The Hall–Kier alpha value is -3.14. The number of carbonyl (C=O) groups is 1. The summed E-state index contributed by atoms with van der Waals surface area (Å²) < 4.78 is 1.16. The molecule has 220 valence electrons. The maximum atomic E-state index is 12.2. The molecule has 3 saturated heterocycles. The number of nitrogens with two attached hydrogens (primary N) is 1. The number of nitrogens with one attached hydrogen (secondary N) is 2. The van der Waals surface area contributed by atoms with E-state index in [0.717, 1.165) is 64.2 Å². The lowest BCUT2D eigenvalue weighted by Gasteiger charge is -2.45. The van der Waals surface area contributed by atoms with E-state index >= 15 is 0 Å². The molecule has 4 N–H and O–H groups in total. The Labute approximate surface area is 251 Å². The molecule has 9 heteroatoms. The number of pyridine rings is 1. The first-order valence-corrected chi connectivity index (χ1v) is 16.5. The topological polar surface area (TPSA) is 89.8 Å². The number of fused-ring (bicyclic) bond motifs is 5. The molecule has 42 heavy (non-hydrogen) atoms. The third-order valence-electron chi connectivity index (χ3n) is 10.9. The van der Waals surface area contributed by atoms with Crippen molar-refractivity contribution < 1.29 is 4.79 Å². The number of rotatable bonds is 7.